The molecule has 0 aliphatic heterocycles. The average Bonchev–Trinajstić information content (AvgIpc) is 2.56. The first kappa shape index (κ1) is 17.4. The number of hydrogen-bond acceptors (Lipinski definition) is 5. The summed E-state index contributed by atoms with van der Waals surface area (Å²) < 4.78 is 0. The highest BCUT2D eigenvalue weighted by Crippen LogP contribution is 2.23. The number of rotatable bonds is 5. The molecule has 0 saturated carbocycles. The lowest BCUT2D eigenvalue weighted by Crippen LogP contribution is -2.06. The largest absolute Gasteiger partial charge is 0.340 e. The van der Waals surface area contributed by atoms with E-state index in [1.165, 1.54) is 6.92 Å². The predicted molar refractivity (Wildman–Crippen MR) is 105 cm³/mol. The molecule has 0 radical (unpaired) electrons. The van der Waals surface area contributed by atoms with Crippen molar-refractivity contribution in [3.63, 3.8) is 0 Å². The van der Waals surface area contributed by atoms with E-state index in [4.69, 9.17) is 0 Å². The highest BCUT2D eigenvalue weighted by Gasteiger charge is 2.05. The summed E-state index contributed by atoms with van der Waals surface area (Å²) in [4.78, 5) is 20.1. The Morgan fingerprint density at radius 2 is 1.54 bits per heavy atom. The zero-order valence-electron chi connectivity index (χ0n) is 15.0. The summed E-state index contributed by atoms with van der Waals surface area (Å²) in [5.41, 5.74) is 3.70. The second-order valence-electron chi connectivity index (χ2n) is 6.01. The Balaban J connectivity index is 1.82. The van der Waals surface area contributed by atoms with E-state index < -0.39 is 0 Å². The quantitative estimate of drug-likeness (QED) is 0.631. The molecule has 0 spiro atoms. The van der Waals surface area contributed by atoms with Crippen molar-refractivity contribution in [2.24, 2.45) is 0 Å². The average molecular weight is 347 g/mol. The Labute approximate surface area is 152 Å². The monoisotopic (exact) mass is 347 g/mol. The van der Waals surface area contributed by atoms with Gasteiger partial charge in [-0.15, -0.1) is 0 Å². The number of nitrogens with zero attached hydrogens (tertiary/aromatic N) is 2. The van der Waals surface area contributed by atoms with Crippen LogP contribution < -0.4 is 16.0 Å². The second-order valence-corrected chi connectivity index (χ2v) is 6.01. The molecular formula is C20H21N5O. The molecule has 1 amide bonds. The van der Waals surface area contributed by atoms with E-state index in [9.17, 15) is 4.79 Å². The van der Waals surface area contributed by atoms with Crippen LogP contribution >= 0.6 is 0 Å². The maximum atomic E-state index is 11.2. The number of anilines is 5. The molecule has 2 aromatic carbocycles. The van der Waals surface area contributed by atoms with Crippen LogP contribution in [0.15, 0.2) is 54.6 Å². The minimum atomic E-state index is -0.107. The van der Waals surface area contributed by atoms with Gasteiger partial charge in [0.2, 0.25) is 5.91 Å². The van der Waals surface area contributed by atoms with Crippen molar-refractivity contribution in [1.29, 1.82) is 0 Å². The van der Waals surface area contributed by atoms with Gasteiger partial charge in [-0.2, -0.15) is 0 Å². The molecule has 3 aromatic rings. The smallest absolute Gasteiger partial charge is 0.221 e. The summed E-state index contributed by atoms with van der Waals surface area (Å²) in [6, 6.07) is 17.4. The fourth-order valence-corrected chi connectivity index (χ4v) is 2.57. The van der Waals surface area contributed by atoms with E-state index in [0.29, 0.717) is 17.5 Å². The summed E-state index contributed by atoms with van der Waals surface area (Å²) in [7, 11) is 0. The minimum Gasteiger partial charge on any atom is -0.340 e. The molecule has 0 saturated heterocycles. The third kappa shape index (κ3) is 4.57. The van der Waals surface area contributed by atoms with Crippen LogP contribution in [0.3, 0.4) is 0 Å². The molecule has 0 aliphatic rings. The first-order valence-corrected chi connectivity index (χ1v) is 8.32. The molecular weight excluding hydrogens is 326 g/mol. The standard InChI is InChI=1S/C20H21N5O/c1-13-7-4-5-10-18(13)25-20-12-19(21-14(2)22-20)24-17-9-6-8-16(11-17)23-15(3)26/h4-12H,1-3H3,(H,23,26)(H2,21,22,24,25). The Bertz CT molecular complexity index is 939. The van der Waals surface area contributed by atoms with Crippen LogP contribution in [0.5, 0.6) is 0 Å². The number of benzene rings is 2. The minimum absolute atomic E-state index is 0.107. The summed E-state index contributed by atoms with van der Waals surface area (Å²) in [6.45, 7) is 5.38. The number of aryl methyl sites for hydroxylation is 2. The third-order valence-corrected chi connectivity index (χ3v) is 3.70. The molecule has 0 bridgehead atoms. The van der Waals surface area contributed by atoms with Gasteiger partial charge in [0.25, 0.3) is 0 Å². The Morgan fingerprint density at radius 3 is 2.27 bits per heavy atom. The van der Waals surface area contributed by atoms with Crippen LogP contribution in [0.25, 0.3) is 0 Å². The fourth-order valence-electron chi connectivity index (χ4n) is 2.57. The van der Waals surface area contributed by atoms with Crippen LogP contribution in [-0.4, -0.2) is 15.9 Å². The van der Waals surface area contributed by atoms with Gasteiger partial charge in [-0.05, 0) is 43.7 Å². The number of aromatic nitrogens is 2. The van der Waals surface area contributed by atoms with Gasteiger partial charge in [0.05, 0.1) is 0 Å². The number of hydrogen-bond donors (Lipinski definition) is 3. The number of nitrogens with one attached hydrogen (secondary N) is 3. The van der Waals surface area contributed by atoms with Gasteiger partial charge in [0.15, 0.2) is 0 Å². The topological polar surface area (TPSA) is 78.9 Å². The molecule has 6 heteroatoms. The first-order valence-electron chi connectivity index (χ1n) is 8.32. The van der Waals surface area contributed by atoms with Gasteiger partial charge in [0, 0.05) is 30.1 Å². The molecule has 0 aliphatic carbocycles. The summed E-state index contributed by atoms with van der Waals surface area (Å²) in [5.74, 6) is 1.94. The number of para-hydroxylation sites is 1. The molecule has 1 aromatic heterocycles. The van der Waals surface area contributed by atoms with Crippen molar-refractivity contribution in [3.05, 3.63) is 66.0 Å². The van der Waals surface area contributed by atoms with Gasteiger partial charge in [0.1, 0.15) is 17.5 Å². The second kappa shape index (κ2) is 7.65. The summed E-state index contributed by atoms with van der Waals surface area (Å²) in [5, 5.41) is 9.35. The van der Waals surface area contributed by atoms with Crippen LogP contribution in [0, 0.1) is 13.8 Å². The molecule has 1 heterocycles. The number of amides is 1. The summed E-state index contributed by atoms with van der Waals surface area (Å²) >= 11 is 0. The summed E-state index contributed by atoms with van der Waals surface area (Å²) in [6.07, 6.45) is 0. The molecule has 6 nitrogen and oxygen atoms in total. The Hall–Kier alpha value is -3.41. The molecule has 0 fully saturated rings. The molecule has 3 N–H and O–H groups in total. The number of carbonyl (C=O) groups is 1. The molecule has 3 rings (SSSR count). The normalized spacial score (nSPS) is 10.3. The maximum Gasteiger partial charge on any atom is 0.221 e. The van der Waals surface area contributed by atoms with E-state index >= 15 is 0 Å². The van der Waals surface area contributed by atoms with Crippen molar-refractivity contribution in [2.45, 2.75) is 20.8 Å². The van der Waals surface area contributed by atoms with Crippen molar-refractivity contribution >= 4 is 34.6 Å². The van der Waals surface area contributed by atoms with Gasteiger partial charge >= 0.3 is 0 Å². The van der Waals surface area contributed by atoms with Crippen molar-refractivity contribution < 1.29 is 4.79 Å². The van der Waals surface area contributed by atoms with Crippen LogP contribution in [-0.2, 0) is 4.79 Å². The van der Waals surface area contributed by atoms with E-state index in [0.717, 1.165) is 22.6 Å². The molecule has 132 valence electrons. The number of carbonyl (C=O) groups excluding carboxylic acids is 1. The Kier molecular flexibility index (Phi) is 5.12. The lowest BCUT2D eigenvalue weighted by molar-refractivity contribution is -0.114. The first-order chi connectivity index (χ1) is 12.5. The maximum absolute atomic E-state index is 11.2. The van der Waals surface area contributed by atoms with Gasteiger partial charge in [-0.1, -0.05) is 24.3 Å². The highest BCUT2D eigenvalue weighted by atomic mass is 16.1. The van der Waals surface area contributed by atoms with Gasteiger partial charge in [-0.25, -0.2) is 9.97 Å². The Morgan fingerprint density at radius 1 is 0.846 bits per heavy atom. The van der Waals surface area contributed by atoms with Crippen molar-refractivity contribution in [2.75, 3.05) is 16.0 Å². The third-order valence-electron chi connectivity index (χ3n) is 3.70. The predicted octanol–water partition coefficient (Wildman–Crippen LogP) is 4.54. The molecule has 26 heavy (non-hydrogen) atoms. The fraction of sp³-hybridized carbons (Fsp3) is 0.150. The van der Waals surface area contributed by atoms with E-state index in [1.807, 2.05) is 68.4 Å². The lowest BCUT2D eigenvalue weighted by Gasteiger charge is -2.12. The van der Waals surface area contributed by atoms with Crippen LogP contribution in [0.4, 0.5) is 28.7 Å². The molecule has 0 unspecified atom stereocenters. The highest BCUT2D eigenvalue weighted by molar-refractivity contribution is 5.89. The SMILES string of the molecule is CC(=O)Nc1cccc(Nc2cc(Nc3ccccc3C)nc(C)n2)c1. The van der Waals surface area contributed by atoms with E-state index in [1.54, 1.807) is 0 Å². The van der Waals surface area contributed by atoms with Crippen LogP contribution in [0.2, 0.25) is 0 Å². The van der Waals surface area contributed by atoms with Crippen molar-refractivity contribution in [3.8, 4) is 0 Å². The van der Waals surface area contributed by atoms with E-state index in [2.05, 4.69) is 25.9 Å². The van der Waals surface area contributed by atoms with Crippen LogP contribution in [0.1, 0.15) is 18.3 Å². The zero-order chi connectivity index (χ0) is 18.5. The zero-order valence-corrected chi connectivity index (χ0v) is 15.0. The lowest BCUT2D eigenvalue weighted by atomic mass is 10.2. The van der Waals surface area contributed by atoms with Crippen molar-refractivity contribution in [1.82, 2.24) is 9.97 Å². The van der Waals surface area contributed by atoms with Gasteiger partial charge < -0.3 is 16.0 Å². The van der Waals surface area contributed by atoms with E-state index in [-0.39, 0.29) is 5.91 Å². The molecule has 0 atom stereocenters. The van der Waals surface area contributed by atoms with Gasteiger partial charge in [-0.3, -0.25) is 4.79 Å².